The van der Waals surface area contributed by atoms with Crippen LogP contribution >= 0.6 is 0 Å². The van der Waals surface area contributed by atoms with Crippen molar-refractivity contribution in [3.8, 4) is 6.07 Å². The number of benzene rings is 1. The van der Waals surface area contributed by atoms with Crippen LogP contribution in [0.3, 0.4) is 0 Å². The van der Waals surface area contributed by atoms with Crippen molar-refractivity contribution in [3.63, 3.8) is 0 Å². The Morgan fingerprint density at radius 2 is 1.90 bits per heavy atom. The molecule has 20 heavy (non-hydrogen) atoms. The molecule has 2 amide bonds. The SMILES string of the molecule is CC1(C)CC(=O)N(Cc2ccc(C#N)cc2F)C(=O)C1. The largest absolute Gasteiger partial charge is 0.278 e. The van der Waals surface area contributed by atoms with Gasteiger partial charge in [-0.05, 0) is 17.5 Å². The smallest absolute Gasteiger partial charge is 0.230 e. The van der Waals surface area contributed by atoms with Gasteiger partial charge in [-0.2, -0.15) is 5.26 Å². The summed E-state index contributed by atoms with van der Waals surface area (Å²) in [6.45, 7) is 3.65. The summed E-state index contributed by atoms with van der Waals surface area (Å²) in [7, 11) is 0. The molecular formula is C15H15FN2O2. The molecule has 2 rings (SSSR count). The second kappa shape index (κ2) is 5.04. The Morgan fingerprint density at radius 3 is 2.40 bits per heavy atom. The highest BCUT2D eigenvalue weighted by Gasteiger charge is 2.37. The fourth-order valence-electron chi connectivity index (χ4n) is 2.30. The highest BCUT2D eigenvalue weighted by Crippen LogP contribution is 2.32. The Hall–Kier alpha value is -2.22. The normalized spacial score (nSPS) is 18.0. The molecule has 0 saturated carbocycles. The number of nitrogens with zero attached hydrogens (tertiary/aromatic N) is 2. The second-order valence-corrected chi connectivity index (χ2v) is 5.81. The van der Waals surface area contributed by atoms with Gasteiger partial charge in [0.15, 0.2) is 0 Å². The number of piperidine rings is 1. The molecule has 1 fully saturated rings. The lowest BCUT2D eigenvalue weighted by Gasteiger charge is -2.34. The molecule has 0 unspecified atom stereocenters. The number of imide groups is 1. The summed E-state index contributed by atoms with van der Waals surface area (Å²) in [6, 6.07) is 5.86. The van der Waals surface area contributed by atoms with E-state index in [9.17, 15) is 14.0 Å². The maximum absolute atomic E-state index is 13.8. The molecule has 0 atom stereocenters. The van der Waals surface area contributed by atoms with Crippen molar-refractivity contribution in [2.75, 3.05) is 0 Å². The predicted molar refractivity (Wildman–Crippen MR) is 69.7 cm³/mol. The number of hydrogen-bond donors (Lipinski definition) is 0. The van der Waals surface area contributed by atoms with Crippen LogP contribution in [0.5, 0.6) is 0 Å². The lowest BCUT2D eigenvalue weighted by atomic mass is 9.81. The van der Waals surface area contributed by atoms with Crippen molar-refractivity contribution in [3.05, 3.63) is 35.1 Å². The predicted octanol–water partition coefficient (Wildman–Crippen LogP) is 2.37. The van der Waals surface area contributed by atoms with Gasteiger partial charge in [-0.1, -0.05) is 19.9 Å². The van der Waals surface area contributed by atoms with Gasteiger partial charge in [-0.15, -0.1) is 0 Å². The summed E-state index contributed by atoms with van der Waals surface area (Å²) in [5, 5.41) is 8.68. The van der Waals surface area contributed by atoms with E-state index in [4.69, 9.17) is 5.26 Å². The van der Waals surface area contributed by atoms with Gasteiger partial charge in [0.05, 0.1) is 18.2 Å². The molecule has 0 bridgehead atoms. The molecule has 4 nitrogen and oxygen atoms in total. The standard InChI is InChI=1S/C15H15FN2O2/c1-15(2)6-13(19)18(14(20)7-15)9-11-4-3-10(8-17)5-12(11)16/h3-5H,6-7,9H2,1-2H3. The lowest BCUT2D eigenvalue weighted by molar-refractivity contribution is -0.153. The number of halogens is 1. The van der Waals surface area contributed by atoms with Gasteiger partial charge in [0.1, 0.15) is 5.82 Å². The maximum Gasteiger partial charge on any atom is 0.230 e. The fourth-order valence-corrected chi connectivity index (χ4v) is 2.30. The highest BCUT2D eigenvalue weighted by molar-refractivity contribution is 5.98. The zero-order valence-corrected chi connectivity index (χ0v) is 11.4. The minimum Gasteiger partial charge on any atom is -0.278 e. The molecule has 0 N–H and O–H groups in total. The number of carbonyl (C=O) groups is 2. The lowest BCUT2D eigenvalue weighted by Crippen LogP contribution is -2.45. The third-order valence-corrected chi connectivity index (χ3v) is 3.37. The van der Waals surface area contributed by atoms with E-state index >= 15 is 0 Å². The summed E-state index contributed by atoms with van der Waals surface area (Å²) in [6.07, 6.45) is 0.549. The van der Waals surface area contributed by atoms with Crippen molar-refractivity contribution in [2.24, 2.45) is 5.41 Å². The van der Waals surface area contributed by atoms with E-state index in [0.717, 1.165) is 11.0 Å². The second-order valence-electron chi connectivity index (χ2n) is 5.81. The van der Waals surface area contributed by atoms with Gasteiger partial charge < -0.3 is 0 Å². The minimum atomic E-state index is -0.575. The van der Waals surface area contributed by atoms with Crippen LogP contribution in [0.25, 0.3) is 0 Å². The topological polar surface area (TPSA) is 61.2 Å². The Kier molecular flexibility index (Phi) is 3.58. The third kappa shape index (κ3) is 2.85. The first-order valence-electron chi connectivity index (χ1n) is 6.34. The zero-order valence-electron chi connectivity index (χ0n) is 11.4. The molecular weight excluding hydrogens is 259 g/mol. The summed E-state index contributed by atoms with van der Waals surface area (Å²) < 4.78 is 13.8. The summed E-state index contributed by atoms with van der Waals surface area (Å²) in [5.41, 5.74) is 0.113. The van der Waals surface area contributed by atoms with E-state index in [1.54, 1.807) is 0 Å². The Morgan fingerprint density at radius 1 is 1.30 bits per heavy atom. The van der Waals surface area contributed by atoms with E-state index in [-0.39, 0.29) is 47.7 Å². The van der Waals surface area contributed by atoms with Crippen molar-refractivity contribution in [2.45, 2.75) is 33.2 Å². The first kappa shape index (κ1) is 14.2. The monoisotopic (exact) mass is 274 g/mol. The van der Waals surface area contributed by atoms with E-state index in [2.05, 4.69) is 0 Å². The van der Waals surface area contributed by atoms with Crippen molar-refractivity contribution in [1.82, 2.24) is 4.90 Å². The van der Waals surface area contributed by atoms with Gasteiger partial charge in [0.2, 0.25) is 11.8 Å². The first-order chi connectivity index (χ1) is 9.32. The molecule has 0 aromatic heterocycles. The molecule has 0 radical (unpaired) electrons. The Labute approximate surface area is 116 Å². The van der Waals surface area contributed by atoms with Crippen LogP contribution in [0.4, 0.5) is 4.39 Å². The molecule has 1 aliphatic heterocycles. The molecule has 1 heterocycles. The van der Waals surface area contributed by atoms with Crippen LogP contribution in [0.2, 0.25) is 0 Å². The van der Waals surface area contributed by atoms with Crippen molar-refractivity contribution in [1.29, 1.82) is 5.26 Å². The summed E-state index contributed by atoms with van der Waals surface area (Å²) >= 11 is 0. The van der Waals surface area contributed by atoms with Crippen LogP contribution in [-0.4, -0.2) is 16.7 Å². The van der Waals surface area contributed by atoms with E-state index in [1.807, 2.05) is 19.9 Å². The number of carbonyl (C=O) groups excluding carboxylic acids is 2. The molecule has 1 saturated heterocycles. The molecule has 1 aromatic carbocycles. The summed E-state index contributed by atoms with van der Waals surface area (Å²) in [5.74, 6) is -1.14. The molecule has 104 valence electrons. The zero-order chi connectivity index (χ0) is 14.9. The van der Waals surface area contributed by atoms with Crippen molar-refractivity contribution < 1.29 is 14.0 Å². The van der Waals surface area contributed by atoms with Crippen LogP contribution in [0, 0.1) is 22.6 Å². The van der Waals surface area contributed by atoms with Crippen LogP contribution < -0.4 is 0 Å². The number of amides is 2. The number of likely N-dealkylation sites (tertiary alicyclic amines) is 1. The van der Waals surface area contributed by atoms with Gasteiger partial charge in [-0.25, -0.2) is 4.39 Å². The molecule has 0 spiro atoms. The fraction of sp³-hybridized carbons (Fsp3) is 0.400. The van der Waals surface area contributed by atoms with Gasteiger partial charge in [0, 0.05) is 18.4 Å². The number of rotatable bonds is 2. The molecule has 1 aliphatic rings. The highest BCUT2D eigenvalue weighted by atomic mass is 19.1. The third-order valence-electron chi connectivity index (χ3n) is 3.37. The van der Waals surface area contributed by atoms with Crippen LogP contribution in [0.15, 0.2) is 18.2 Å². The molecule has 1 aromatic rings. The minimum absolute atomic E-state index is 0.0781. The Balaban J connectivity index is 2.20. The number of hydrogen-bond acceptors (Lipinski definition) is 3. The maximum atomic E-state index is 13.8. The van der Waals surface area contributed by atoms with E-state index in [0.29, 0.717) is 0 Å². The number of nitriles is 1. The van der Waals surface area contributed by atoms with E-state index in [1.165, 1.54) is 12.1 Å². The van der Waals surface area contributed by atoms with Crippen LogP contribution in [0.1, 0.15) is 37.8 Å². The van der Waals surface area contributed by atoms with Crippen LogP contribution in [-0.2, 0) is 16.1 Å². The Bertz CT molecular complexity index is 597. The average Bonchev–Trinajstić information content (AvgIpc) is 2.34. The van der Waals surface area contributed by atoms with Gasteiger partial charge >= 0.3 is 0 Å². The quantitative estimate of drug-likeness (QED) is 0.778. The van der Waals surface area contributed by atoms with Crippen molar-refractivity contribution >= 4 is 11.8 Å². The first-order valence-corrected chi connectivity index (χ1v) is 6.34. The van der Waals surface area contributed by atoms with E-state index < -0.39 is 5.82 Å². The average molecular weight is 274 g/mol. The summed E-state index contributed by atoms with van der Waals surface area (Å²) in [4.78, 5) is 25.1. The molecule has 0 aliphatic carbocycles. The van der Waals surface area contributed by atoms with Gasteiger partial charge in [-0.3, -0.25) is 14.5 Å². The molecule has 5 heteroatoms. The van der Waals surface area contributed by atoms with Gasteiger partial charge in [0.25, 0.3) is 0 Å².